The SMILES string of the molecule is CC(C)CCCC(C)CCC[N+](C)(C)[O-]. The highest BCUT2D eigenvalue weighted by atomic mass is 16.5. The Morgan fingerprint density at radius 3 is 1.93 bits per heavy atom. The number of nitrogens with zero attached hydrogens (tertiary/aromatic N) is 1. The number of rotatable bonds is 8. The zero-order valence-corrected chi connectivity index (χ0v) is 11.3. The molecule has 0 saturated heterocycles. The third-order valence-corrected chi connectivity index (χ3v) is 2.87. The van der Waals surface area contributed by atoms with Gasteiger partial charge in [0.1, 0.15) is 0 Å². The lowest BCUT2D eigenvalue weighted by Crippen LogP contribution is -2.33. The summed E-state index contributed by atoms with van der Waals surface area (Å²) in [5.74, 6) is 1.62. The van der Waals surface area contributed by atoms with Gasteiger partial charge in [-0.15, -0.1) is 0 Å². The van der Waals surface area contributed by atoms with Crippen molar-refractivity contribution in [2.75, 3.05) is 20.6 Å². The number of hydrogen-bond donors (Lipinski definition) is 0. The predicted molar refractivity (Wildman–Crippen MR) is 67.4 cm³/mol. The van der Waals surface area contributed by atoms with Crippen LogP contribution in [0.2, 0.25) is 0 Å². The molecule has 0 rings (SSSR count). The summed E-state index contributed by atoms with van der Waals surface area (Å²) in [7, 11) is 3.45. The van der Waals surface area contributed by atoms with Gasteiger partial charge in [-0.2, -0.15) is 0 Å². The minimum Gasteiger partial charge on any atom is -0.633 e. The van der Waals surface area contributed by atoms with Gasteiger partial charge < -0.3 is 9.85 Å². The van der Waals surface area contributed by atoms with Crippen LogP contribution in [0.15, 0.2) is 0 Å². The van der Waals surface area contributed by atoms with Crippen LogP contribution >= 0.6 is 0 Å². The van der Waals surface area contributed by atoms with Gasteiger partial charge >= 0.3 is 0 Å². The van der Waals surface area contributed by atoms with Crippen molar-refractivity contribution in [2.45, 2.75) is 52.9 Å². The number of quaternary nitrogens is 1. The van der Waals surface area contributed by atoms with E-state index in [4.69, 9.17) is 0 Å². The molecule has 0 bridgehead atoms. The van der Waals surface area contributed by atoms with Crippen molar-refractivity contribution in [3.8, 4) is 0 Å². The molecule has 2 nitrogen and oxygen atoms in total. The van der Waals surface area contributed by atoms with E-state index in [0.717, 1.165) is 24.8 Å². The van der Waals surface area contributed by atoms with E-state index >= 15 is 0 Å². The Labute approximate surface area is 95.8 Å². The van der Waals surface area contributed by atoms with Crippen LogP contribution < -0.4 is 0 Å². The molecule has 0 aromatic heterocycles. The lowest BCUT2D eigenvalue weighted by molar-refractivity contribution is -0.840. The standard InChI is InChI=1S/C13H29NO/c1-12(2)8-6-9-13(3)10-7-11-14(4,5)15/h12-13H,6-11H2,1-5H3. The summed E-state index contributed by atoms with van der Waals surface area (Å²) in [4.78, 5) is 0. The third kappa shape index (κ3) is 11.8. The van der Waals surface area contributed by atoms with Crippen LogP contribution in [-0.4, -0.2) is 25.3 Å². The van der Waals surface area contributed by atoms with Gasteiger partial charge in [0, 0.05) is 0 Å². The first kappa shape index (κ1) is 14.9. The molecule has 0 aromatic rings. The first-order valence-electron chi connectivity index (χ1n) is 6.35. The second kappa shape index (κ2) is 7.24. The van der Waals surface area contributed by atoms with Gasteiger partial charge in [0.15, 0.2) is 0 Å². The van der Waals surface area contributed by atoms with Crippen molar-refractivity contribution >= 4 is 0 Å². The predicted octanol–water partition coefficient (Wildman–Crippen LogP) is 3.80. The molecule has 0 heterocycles. The van der Waals surface area contributed by atoms with Crippen LogP contribution in [0.4, 0.5) is 0 Å². The topological polar surface area (TPSA) is 23.1 Å². The van der Waals surface area contributed by atoms with Crippen LogP contribution in [0.5, 0.6) is 0 Å². The summed E-state index contributed by atoms with van der Waals surface area (Å²) in [6.07, 6.45) is 6.29. The highest BCUT2D eigenvalue weighted by Gasteiger charge is 2.06. The van der Waals surface area contributed by atoms with Crippen molar-refractivity contribution in [2.24, 2.45) is 11.8 Å². The van der Waals surface area contributed by atoms with E-state index in [9.17, 15) is 5.21 Å². The van der Waals surface area contributed by atoms with Crippen molar-refractivity contribution in [1.82, 2.24) is 0 Å². The van der Waals surface area contributed by atoms with Crippen LogP contribution in [0.1, 0.15) is 52.9 Å². The highest BCUT2D eigenvalue weighted by molar-refractivity contribution is 4.55. The van der Waals surface area contributed by atoms with Crippen molar-refractivity contribution in [3.05, 3.63) is 5.21 Å². The fourth-order valence-electron chi connectivity index (χ4n) is 1.84. The smallest absolute Gasteiger partial charge is 0.0779 e. The zero-order valence-electron chi connectivity index (χ0n) is 11.3. The minimum atomic E-state index is -0.140. The molecule has 0 N–H and O–H groups in total. The number of hydroxylamine groups is 3. The summed E-state index contributed by atoms with van der Waals surface area (Å²) in [5.41, 5.74) is 0. The van der Waals surface area contributed by atoms with Gasteiger partial charge in [0.2, 0.25) is 0 Å². The van der Waals surface area contributed by atoms with Crippen LogP contribution in [0.3, 0.4) is 0 Å². The van der Waals surface area contributed by atoms with Gasteiger partial charge in [0.05, 0.1) is 20.6 Å². The van der Waals surface area contributed by atoms with E-state index in [2.05, 4.69) is 20.8 Å². The van der Waals surface area contributed by atoms with E-state index in [-0.39, 0.29) is 4.65 Å². The Hall–Kier alpha value is -0.0800. The molecule has 0 aliphatic rings. The molecule has 0 fully saturated rings. The van der Waals surface area contributed by atoms with Gasteiger partial charge in [-0.25, -0.2) is 0 Å². The second-order valence-electron chi connectivity index (χ2n) is 5.87. The molecule has 0 saturated carbocycles. The Morgan fingerprint density at radius 2 is 1.47 bits per heavy atom. The Balaban J connectivity index is 3.37. The Bertz CT molecular complexity index is 149. The van der Waals surface area contributed by atoms with E-state index in [1.165, 1.54) is 25.7 Å². The summed E-state index contributed by atoms with van der Waals surface area (Å²) in [6.45, 7) is 7.63. The van der Waals surface area contributed by atoms with Crippen LogP contribution in [-0.2, 0) is 0 Å². The second-order valence-corrected chi connectivity index (χ2v) is 5.87. The van der Waals surface area contributed by atoms with Gasteiger partial charge in [-0.1, -0.05) is 40.0 Å². The van der Waals surface area contributed by atoms with Crippen LogP contribution in [0, 0.1) is 17.0 Å². The highest BCUT2D eigenvalue weighted by Crippen LogP contribution is 2.17. The molecule has 0 aromatic carbocycles. The van der Waals surface area contributed by atoms with E-state index in [1.807, 2.05) is 0 Å². The normalized spacial score (nSPS) is 14.6. The molecule has 92 valence electrons. The molecule has 0 aliphatic carbocycles. The summed E-state index contributed by atoms with van der Waals surface area (Å²) in [5, 5.41) is 11.3. The molecular formula is C13H29NO. The Kier molecular flexibility index (Phi) is 7.20. The monoisotopic (exact) mass is 215 g/mol. The first-order chi connectivity index (χ1) is 6.81. The molecule has 0 amide bonds. The largest absolute Gasteiger partial charge is 0.633 e. The molecule has 0 spiro atoms. The van der Waals surface area contributed by atoms with Gasteiger partial charge in [-0.05, 0) is 24.7 Å². The van der Waals surface area contributed by atoms with E-state index < -0.39 is 0 Å². The maximum Gasteiger partial charge on any atom is 0.0779 e. The molecule has 0 aliphatic heterocycles. The minimum absolute atomic E-state index is 0.140. The maximum atomic E-state index is 11.3. The molecule has 1 unspecified atom stereocenters. The average Bonchev–Trinajstić information content (AvgIpc) is 2.00. The van der Waals surface area contributed by atoms with Crippen molar-refractivity contribution in [3.63, 3.8) is 0 Å². The average molecular weight is 215 g/mol. The van der Waals surface area contributed by atoms with E-state index in [0.29, 0.717) is 0 Å². The molecule has 1 atom stereocenters. The fourth-order valence-corrected chi connectivity index (χ4v) is 1.84. The summed E-state index contributed by atoms with van der Waals surface area (Å²) >= 11 is 0. The Morgan fingerprint density at radius 1 is 0.933 bits per heavy atom. The quantitative estimate of drug-likeness (QED) is 0.446. The van der Waals surface area contributed by atoms with Crippen LogP contribution in [0.25, 0.3) is 0 Å². The maximum absolute atomic E-state index is 11.3. The van der Waals surface area contributed by atoms with Crippen molar-refractivity contribution in [1.29, 1.82) is 0 Å². The van der Waals surface area contributed by atoms with Crippen molar-refractivity contribution < 1.29 is 4.65 Å². The lowest BCUT2D eigenvalue weighted by Gasteiger charge is -2.34. The first-order valence-corrected chi connectivity index (χ1v) is 6.35. The van der Waals surface area contributed by atoms with Gasteiger partial charge in [-0.3, -0.25) is 0 Å². The zero-order chi connectivity index (χ0) is 11.9. The molecule has 2 heteroatoms. The van der Waals surface area contributed by atoms with Gasteiger partial charge in [0.25, 0.3) is 0 Å². The third-order valence-electron chi connectivity index (χ3n) is 2.87. The fraction of sp³-hybridized carbons (Fsp3) is 1.00. The summed E-state index contributed by atoms with van der Waals surface area (Å²) in [6, 6.07) is 0. The number of hydrogen-bond acceptors (Lipinski definition) is 1. The molecular weight excluding hydrogens is 186 g/mol. The summed E-state index contributed by atoms with van der Waals surface area (Å²) < 4.78 is -0.140. The van der Waals surface area contributed by atoms with E-state index in [1.54, 1.807) is 14.1 Å². The molecule has 15 heavy (non-hydrogen) atoms. The lowest BCUT2D eigenvalue weighted by atomic mass is 9.96. The molecule has 0 radical (unpaired) electrons.